The van der Waals surface area contributed by atoms with Crippen LogP contribution in [0.25, 0.3) is 11.4 Å². The van der Waals surface area contributed by atoms with Crippen LogP contribution in [0.1, 0.15) is 30.5 Å². The van der Waals surface area contributed by atoms with Crippen LogP contribution in [0.2, 0.25) is 0 Å². The largest absolute Gasteiger partial charge is 0.316 e. The molecule has 0 amide bonds. The first-order valence-electron chi connectivity index (χ1n) is 5.46. The molecule has 2 aromatic rings. The summed E-state index contributed by atoms with van der Waals surface area (Å²) in [6.45, 7) is 4.14. The van der Waals surface area contributed by atoms with Gasteiger partial charge in [0.1, 0.15) is 0 Å². The van der Waals surface area contributed by atoms with Crippen LogP contribution in [-0.2, 0) is 6.54 Å². The van der Waals surface area contributed by atoms with Crippen molar-refractivity contribution in [2.75, 3.05) is 0 Å². The summed E-state index contributed by atoms with van der Waals surface area (Å²) in [5, 5.41) is 2.74. The second kappa shape index (κ2) is 3.19. The molecule has 1 aliphatic rings. The number of aromatic nitrogens is 4. The fourth-order valence-corrected chi connectivity index (χ4v) is 2.39. The molecule has 0 aromatic carbocycles. The summed E-state index contributed by atoms with van der Waals surface area (Å²) in [5.74, 6) is 0.391. The van der Waals surface area contributed by atoms with Crippen molar-refractivity contribution >= 4 is 5.78 Å². The number of carbonyl (C=O) groups is 1. The summed E-state index contributed by atoms with van der Waals surface area (Å²) in [7, 11) is 0. The van der Waals surface area contributed by atoms with Crippen molar-refractivity contribution in [3.05, 3.63) is 28.4 Å². The zero-order valence-corrected chi connectivity index (χ0v) is 9.60. The molecule has 1 atom stereocenters. The highest BCUT2D eigenvalue weighted by molar-refractivity contribution is 5.91. The number of ketones is 1. The fraction of sp³-hybridized carbons (Fsp3) is 0.364. The monoisotopic (exact) mass is 232 g/mol. The van der Waals surface area contributed by atoms with E-state index in [2.05, 4.69) is 10.1 Å². The van der Waals surface area contributed by atoms with Gasteiger partial charge in [0.2, 0.25) is 0 Å². The number of H-pyrrole nitrogens is 1. The number of nitrogens with one attached hydrogen (secondary N) is 1. The van der Waals surface area contributed by atoms with Crippen LogP contribution < -0.4 is 5.56 Å². The zero-order chi connectivity index (χ0) is 12.2. The highest BCUT2D eigenvalue weighted by Crippen LogP contribution is 2.29. The summed E-state index contributed by atoms with van der Waals surface area (Å²) in [6, 6.07) is 1.63. The molecule has 3 heterocycles. The first-order chi connectivity index (χ1) is 8.08. The highest BCUT2D eigenvalue weighted by Gasteiger charge is 2.26. The molecule has 0 saturated heterocycles. The molecule has 0 bridgehead atoms. The molecule has 0 unspecified atom stereocenters. The Morgan fingerprint density at radius 3 is 3.00 bits per heavy atom. The van der Waals surface area contributed by atoms with Crippen molar-refractivity contribution in [3.8, 4) is 11.4 Å². The number of imidazole rings is 1. The lowest BCUT2D eigenvalue weighted by Gasteiger charge is -2.25. The van der Waals surface area contributed by atoms with E-state index in [1.807, 2.05) is 11.5 Å². The number of carbonyl (C=O) groups excluding carboxylic acids is 1. The average Bonchev–Trinajstić information content (AvgIpc) is 2.80. The Labute approximate surface area is 96.9 Å². The third-order valence-electron chi connectivity index (χ3n) is 3.07. The number of Topliss-reactive ketones (excluding diaryl/α,β-unsaturated/α-hetero) is 1. The second-order valence-corrected chi connectivity index (χ2v) is 4.36. The molecule has 1 aliphatic heterocycles. The van der Waals surface area contributed by atoms with Crippen molar-refractivity contribution in [2.24, 2.45) is 0 Å². The topological polar surface area (TPSA) is 72.7 Å². The molecule has 0 radical (unpaired) electrons. The van der Waals surface area contributed by atoms with Crippen molar-refractivity contribution in [1.29, 1.82) is 0 Å². The van der Waals surface area contributed by atoms with Gasteiger partial charge in [-0.1, -0.05) is 0 Å². The SMILES string of the molecule is CC(=O)c1ncc2n1[C@@H](C)Cn1[nH]c(=O)cc1-2. The molecule has 0 spiro atoms. The standard InChI is InChI=1S/C11H12N4O2/c1-6-5-14-8(3-10(17)13-14)9-4-12-11(7(2)16)15(6)9/h3-4,6H,5H2,1-2H3,(H,13,17)/t6-/m0/s1. The Kier molecular flexibility index (Phi) is 1.89. The van der Waals surface area contributed by atoms with Crippen LogP contribution in [0.4, 0.5) is 0 Å². The Morgan fingerprint density at radius 1 is 1.53 bits per heavy atom. The molecule has 17 heavy (non-hydrogen) atoms. The normalized spacial score (nSPS) is 17.6. The fourth-order valence-electron chi connectivity index (χ4n) is 2.39. The maximum atomic E-state index is 11.5. The van der Waals surface area contributed by atoms with E-state index < -0.39 is 0 Å². The summed E-state index contributed by atoms with van der Waals surface area (Å²) in [5.41, 5.74) is 1.46. The lowest BCUT2D eigenvalue weighted by molar-refractivity contribution is 0.0996. The molecule has 6 heteroatoms. The molecule has 88 valence electrons. The number of aromatic amines is 1. The summed E-state index contributed by atoms with van der Waals surface area (Å²) < 4.78 is 3.69. The minimum absolute atomic E-state index is 0.0607. The lowest BCUT2D eigenvalue weighted by atomic mass is 10.2. The van der Waals surface area contributed by atoms with Crippen LogP contribution in [0.15, 0.2) is 17.1 Å². The van der Waals surface area contributed by atoms with Crippen LogP contribution in [0, 0.1) is 0 Å². The van der Waals surface area contributed by atoms with Crippen molar-refractivity contribution in [3.63, 3.8) is 0 Å². The molecular weight excluding hydrogens is 220 g/mol. The second-order valence-electron chi connectivity index (χ2n) is 4.36. The van der Waals surface area contributed by atoms with Gasteiger partial charge in [-0.15, -0.1) is 0 Å². The van der Waals surface area contributed by atoms with Gasteiger partial charge in [0.05, 0.1) is 30.2 Å². The Bertz CT molecular complexity index is 661. The molecule has 6 nitrogen and oxygen atoms in total. The summed E-state index contributed by atoms with van der Waals surface area (Å²) >= 11 is 0. The van der Waals surface area contributed by atoms with Crippen molar-refractivity contribution < 1.29 is 4.79 Å². The average molecular weight is 232 g/mol. The van der Waals surface area contributed by atoms with Gasteiger partial charge in [0, 0.05) is 13.0 Å². The van der Waals surface area contributed by atoms with Gasteiger partial charge >= 0.3 is 0 Å². The molecule has 3 rings (SSSR count). The van der Waals surface area contributed by atoms with Crippen LogP contribution in [-0.4, -0.2) is 25.1 Å². The van der Waals surface area contributed by atoms with Gasteiger partial charge < -0.3 is 4.57 Å². The summed E-state index contributed by atoms with van der Waals surface area (Å²) in [6.07, 6.45) is 1.64. The minimum Gasteiger partial charge on any atom is -0.316 e. The van der Waals surface area contributed by atoms with E-state index in [9.17, 15) is 9.59 Å². The van der Waals surface area contributed by atoms with Gasteiger partial charge in [-0.2, -0.15) is 0 Å². The summed E-state index contributed by atoms with van der Waals surface area (Å²) in [4.78, 5) is 27.0. The number of rotatable bonds is 1. The quantitative estimate of drug-likeness (QED) is 0.740. The van der Waals surface area contributed by atoms with E-state index in [4.69, 9.17) is 0 Å². The van der Waals surface area contributed by atoms with Crippen LogP contribution in [0.5, 0.6) is 0 Å². The first-order valence-corrected chi connectivity index (χ1v) is 5.46. The predicted molar refractivity (Wildman–Crippen MR) is 61.0 cm³/mol. The van der Waals surface area contributed by atoms with Gasteiger partial charge in [-0.3, -0.25) is 19.4 Å². The maximum Gasteiger partial charge on any atom is 0.264 e. The van der Waals surface area contributed by atoms with Crippen LogP contribution >= 0.6 is 0 Å². The number of hydrogen-bond acceptors (Lipinski definition) is 3. The van der Waals surface area contributed by atoms with E-state index in [0.717, 1.165) is 11.4 Å². The minimum atomic E-state index is -0.133. The van der Waals surface area contributed by atoms with Crippen LogP contribution in [0.3, 0.4) is 0 Å². The molecule has 2 aromatic heterocycles. The zero-order valence-electron chi connectivity index (χ0n) is 9.60. The number of hydrogen-bond donors (Lipinski definition) is 1. The molecule has 0 saturated carbocycles. The van der Waals surface area contributed by atoms with E-state index in [-0.39, 0.29) is 17.4 Å². The molecule has 0 fully saturated rings. The number of nitrogens with zero attached hydrogens (tertiary/aromatic N) is 3. The van der Waals surface area contributed by atoms with Gasteiger partial charge in [-0.25, -0.2) is 4.98 Å². The third-order valence-corrected chi connectivity index (χ3v) is 3.07. The highest BCUT2D eigenvalue weighted by atomic mass is 16.1. The smallest absolute Gasteiger partial charge is 0.264 e. The molecular formula is C11H12N4O2. The maximum absolute atomic E-state index is 11.5. The van der Waals surface area contributed by atoms with Crippen molar-refractivity contribution in [1.82, 2.24) is 19.3 Å². The van der Waals surface area contributed by atoms with E-state index in [0.29, 0.717) is 12.4 Å². The van der Waals surface area contributed by atoms with Crippen molar-refractivity contribution in [2.45, 2.75) is 26.4 Å². The Morgan fingerprint density at radius 2 is 2.29 bits per heavy atom. The number of fused-ring (bicyclic) bond motifs is 3. The van der Waals surface area contributed by atoms with Gasteiger partial charge in [-0.05, 0) is 6.92 Å². The molecule has 0 aliphatic carbocycles. The van der Waals surface area contributed by atoms with E-state index in [1.165, 1.54) is 13.0 Å². The van der Waals surface area contributed by atoms with E-state index in [1.54, 1.807) is 10.9 Å². The third kappa shape index (κ3) is 1.30. The Balaban J connectivity index is 2.30. The van der Waals surface area contributed by atoms with Gasteiger partial charge in [0.15, 0.2) is 11.6 Å². The Hall–Kier alpha value is -2.11. The predicted octanol–water partition coefficient (Wildman–Crippen LogP) is 0.817. The van der Waals surface area contributed by atoms with Gasteiger partial charge in [0.25, 0.3) is 5.56 Å². The van der Waals surface area contributed by atoms with E-state index >= 15 is 0 Å². The lowest BCUT2D eigenvalue weighted by Crippen LogP contribution is -2.24. The molecule has 1 N–H and O–H groups in total. The first kappa shape index (κ1) is 10.1.